The summed E-state index contributed by atoms with van der Waals surface area (Å²) in [5.41, 5.74) is 4.91. The molecule has 0 aliphatic heterocycles. The predicted octanol–water partition coefficient (Wildman–Crippen LogP) is -0.634. The maximum atomic E-state index is 11.1. The molecule has 4 N–H and O–H groups in total. The third-order valence-corrected chi connectivity index (χ3v) is 2.39. The lowest BCUT2D eigenvalue weighted by Crippen LogP contribution is -2.56. The molecule has 0 radical (unpaired) electrons. The molecule has 1 rings (SSSR count). The lowest BCUT2D eigenvalue weighted by molar-refractivity contribution is -0.124. The number of rotatable bonds is 4. The maximum absolute atomic E-state index is 11.1. The molecule has 4 nitrogen and oxygen atoms in total. The Hall–Kier alpha value is -0.610. The van der Waals surface area contributed by atoms with E-state index in [2.05, 4.69) is 5.32 Å². The van der Waals surface area contributed by atoms with E-state index in [9.17, 15) is 4.79 Å². The van der Waals surface area contributed by atoms with Gasteiger partial charge in [-0.1, -0.05) is 0 Å². The van der Waals surface area contributed by atoms with Crippen molar-refractivity contribution >= 4 is 5.91 Å². The zero-order valence-corrected chi connectivity index (χ0v) is 7.18. The van der Waals surface area contributed by atoms with Crippen molar-refractivity contribution in [2.45, 2.75) is 31.2 Å². The molecule has 1 aliphatic carbocycles. The van der Waals surface area contributed by atoms with Gasteiger partial charge < -0.3 is 16.2 Å². The Morgan fingerprint density at radius 1 is 1.58 bits per heavy atom. The molecule has 0 unspecified atom stereocenters. The van der Waals surface area contributed by atoms with E-state index in [-0.39, 0.29) is 18.1 Å². The fraction of sp³-hybridized carbons (Fsp3) is 0.875. The molecule has 1 amide bonds. The molecule has 1 aliphatic rings. The number of nitrogens with two attached hydrogens (primary N) is 1. The normalized spacial score (nSPS) is 19.8. The van der Waals surface area contributed by atoms with Crippen molar-refractivity contribution in [3.8, 4) is 0 Å². The van der Waals surface area contributed by atoms with Crippen LogP contribution in [0.4, 0.5) is 0 Å². The van der Waals surface area contributed by atoms with Crippen molar-refractivity contribution < 1.29 is 9.90 Å². The Labute approximate surface area is 72.1 Å². The van der Waals surface area contributed by atoms with Crippen molar-refractivity contribution in [1.82, 2.24) is 5.32 Å². The van der Waals surface area contributed by atoms with E-state index < -0.39 is 0 Å². The monoisotopic (exact) mass is 172 g/mol. The summed E-state index contributed by atoms with van der Waals surface area (Å²) >= 11 is 0. The van der Waals surface area contributed by atoms with E-state index >= 15 is 0 Å². The Kier molecular flexibility index (Phi) is 3.05. The fourth-order valence-corrected chi connectivity index (χ4v) is 1.42. The van der Waals surface area contributed by atoms with Gasteiger partial charge in [0.2, 0.25) is 5.91 Å². The van der Waals surface area contributed by atoms with E-state index in [1.807, 2.05) is 0 Å². The zero-order chi connectivity index (χ0) is 9.03. The average molecular weight is 172 g/mol. The lowest BCUT2D eigenvalue weighted by atomic mass is 9.77. The summed E-state index contributed by atoms with van der Waals surface area (Å²) in [7, 11) is 0. The molecule has 0 spiro atoms. The zero-order valence-electron chi connectivity index (χ0n) is 7.18. The first kappa shape index (κ1) is 9.48. The Morgan fingerprint density at radius 2 is 2.25 bits per heavy atom. The highest BCUT2D eigenvalue weighted by molar-refractivity contribution is 5.77. The van der Waals surface area contributed by atoms with Crippen molar-refractivity contribution in [3.05, 3.63) is 0 Å². The van der Waals surface area contributed by atoms with Crippen molar-refractivity contribution in [3.63, 3.8) is 0 Å². The summed E-state index contributed by atoms with van der Waals surface area (Å²) in [6.07, 6.45) is 3.21. The van der Waals surface area contributed by atoms with Crippen LogP contribution in [0.1, 0.15) is 25.7 Å². The minimum Gasteiger partial charge on any atom is -0.394 e. The number of aliphatic hydroxyl groups excluding tert-OH is 1. The smallest absolute Gasteiger partial charge is 0.221 e. The van der Waals surface area contributed by atoms with Crippen LogP contribution >= 0.6 is 0 Å². The third-order valence-electron chi connectivity index (χ3n) is 2.39. The molecular formula is C8H16N2O2. The van der Waals surface area contributed by atoms with Crippen LogP contribution in [0, 0.1) is 0 Å². The molecule has 0 heterocycles. The van der Waals surface area contributed by atoms with Gasteiger partial charge in [-0.05, 0) is 19.3 Å². The van der Waals surface area contributed by atoms with E-state index in [0.717, 1.165) is 19.3 Å². The molecule has 0 aromatic heterocycles. The van der Waals surface area contributed by atoms with E-state index in [1.54, 1.807) is 0 Å². The average Bonchev–Trinajstić information content (AvgIpc) is 1.97. The molecule has 0 aromatic carbocycles. The second-order valence-corrected chi connectivity index (χ2v) is 3.38. The highest BCUT2D eigenvalue weighted by atomic mass is 16.3. The van der Waals surface area contributed by atoms with E-state index in [1.165, 1.54) is 0 Å². The maximum Gasteiger partial charge on any atom is 0.221 e. The summed E-state index contributed by atoms with van der Waals surface area (Å²) in [4.78, 5) is 11.1. The molecule has 4 heteroatoms. The number of carbonyl (C=O) groups is 1. The van der Waals surface area contributed by atoms with Crippen LogP contribution in [0.15, 0.2) is 0 Å². The van der Waals surface area contributed by atoms with Gasteiger partial charge in [0.15, 0.2) is 0 Å². The van der Waals surface area contributed by atoms with Crippen molar-refractivity contribution in [2.75, 3.05) is 13.2 Å². The van der Waals surface area contributed by atoms with Gasteiger partial charge in [-0.25, -0.2) is 0 Å². The number of amides is 1. The fourth-order valence-electron chi connectivity index (χ4n) is 1.42. The van der Waals surface area contributed by atoms with E-state index in [4.69, 9.17) is 10.8 Å². The van der Waals surface area contributed by atoms with Crippen molar-refractivity contribution in [2.24, 2.45) is 5.73 Å². The van der Waals surface area contributed by atoms with Crippen LogP contribution in [0.25, 0.3) is 0 Å². The summed E-state index contributed by atoms with van der Waals surface area (Å²) in [6, 6.07) is 0. The summed E-state index contributed by atoms with van der Waals surface area (Å²) < 4.78 is 0. The Morgan fingerprint density at radius 3 is 2.58 bits per heavy atom. The van der Waals surface area contributed by atoms with Gasteiger partial charge in [0.1, 0.15) is 0 Å². The van der Waals surface area contributed by atoms with Gasteiger partial charge in [0.05, 0.1) is 12.1 Å². The summed E-state index contributed by atoms with van der Waals surface area (Å²) in [5.74, 6) is -0.0498. The molecule has 12 heavy (non-hydrogen) atoms. The topological polar surface area (TPSA) is 75.4 Å². The number of carbonyl (C=O) groups excluding carboxylic acids is 1. The summed E-state index contributed by atoms with van der Waals surface area (Å²) in [6.45, 7) is 0.413. The SMILES string of the molecule is NCCC(=O)NC1(CO)CCC1. The lowest BCUT2D eigenvalue weighted by Gasteiger charge is -2.40. The van der Waals surface area contributed by atoms with Crippen LogP contribution in [0.3, 0.4) is 0 Å². The van der Waals surface area contributed by atoms with Gasteiger partial charge in [-0.2, -0.15) is 0 Å². The van der Waals surface area contributed by atoms with Gasteiger partial charge in [-0.15, -0.1) is 0 Å². The van der Waals surface area contributed by atoms with Gasteiger partial charge >= 0.3 is 0 Å². The Bertz CT molecular complexity index is 161. The Balaban J connectivity index is 2.32. The first-order valence-corrected chi connectivity index (χ1v) is 4.34. The molecule has 0 aromatic rings. The van der Waals surface area contributed by atoms with Crippen LogP contribution in [-0.2, 0) is 4.79 Å². The number of hydrogen-bond donors (Lipinski definition) is 3. The summed E-state index contributed by atoms with van der Waals surface area (Å²) in [5, 5.41) is 11.8. The predicted molar refractivity (Wildman–Crippen MR) is 45.5 cm³/mol. The highest BCUT2D eigenvalue weighted by Crippen LogP contribution is 2.31. The quantitative estimate of drug-likeness (QED) is 0.528. The number of aliphatic hydroxyl groups is 1. The van der Waals surface area contributed by atoms with E-state index in [0.29, 0.717) is 13.0 Å². The van der Waals surface area contributed by atoms with Crippen LogP contribution in [0.2, 0.25) is 0 Å². The third kappa shape index (κ3) is 1.95. The second-order valence-electron chi connectivity index (χ2n) is 3.38. The molecule has 0 bridgehead atoms. The van der Waals surface area contributed by atoms with Crippen LogP contribution < -0.4 is 11.1 Å². The highest BCUT2D eigenvalue weighted by Gasteiger charge is 2.37. The second kappa shape index (κ2) is 3.87. The van der Waals surface area contributed by atoms with Gasteiger partial charge in [-0.3, -0.25) is 4.79 Å². The standard InChI is InChI=1S/C8H16N2O2/c9-5-2-7(12)10-8(6-11)3-1-4-8/h11H,1-6,9H2,(H,10,12). The van der Waals surface area contributed by atoms with Gasteiger partial charge in [0.25, 0.3) is 0 Å². The number of hydrogen-bond acceptors (Lipinski definition) is 3. The first-order valence-electron chi connectivity index (χ1n) is 4.34. The van der Waals surface area contributed by atoms with Crippen molar-refractivity contribution in [1.29, 1.82) is 0 Å². The van der Waals surface area contributed by atoms with Gasteiger partial charge in [0, 0.05) is 13.0 Å². The number of nitrogens with one attached hydrogen (secondary N) is 1. The minimum absolute atomic E-state index is 0.0450. The van der Waals surface area contributed by atoms with Crippen LogP contribution in [0.5, 0.6) is 0 Å². The molecule has 1 saturated carbocycles. The minimum atomic E-state index is -0.313. The molecule has 1 fully saturated rings. The molecular weight excluding hydrogens is 156 g/mol. The molecule has 0 saturated heterocycles. The molecule has 70 valence electrons. The largest absolute Gasteiger partial charge is 0.394 e. The first-order chi connectivity index (χ1) is 5.72. The molecule has 0 atom stereocenters. The van der Waals surface area contributed by atoms with Crippen LogP contribution in [-0.4, -0.2) is 29.7 Å².